The Hall–Kier alpha value is -3.87. The van der Waals surface area contributed by atoms with Crippen molar-refractivity contribution in [2.24, 2.45) is 0 Å². The zero-order valence-corrected chi connectivity index (χ0v) is 16.1. The Kier molecular flexibility index (Phi) is 5.11. The monoisotopic (exact) mass is 385 g/mol. The zero-order chi connectivity index (χ0) is 20.2. The Bertz CT molecular complexity index is 1140. The summed E-state index contributed by atoms with van der Waals surface area (Å²) < 4.78 is 5.96. The van der Waals surface area contributed by atoms with Gasteiger partial charge in [-0.3, -0.25) is 9.78 Å². The molecule has 7 heteroatoms. The Morgan fingerprint density at radius 1 is 1.03 bits per heavy atom. The fraction of sp³-hybridized carbons (Fsp3) is 0.136. The van der Waals surface area contributed by atoms with Crippen molar-refractivity contribution in [2.45, 2.75) is 20.5 Å². The first-order valence-corrected chi connectivity index (χ1v) is 9.14. The van der Waals surface area contributed by atoms with Crippen LogP contribution in [0, 0.1) is 13.8 Å². The van der Waals surface area contributed by atoms with E-state index in [4.69, 9.17) is 4.74 Å². The van der Waals surface area contributed by atoms with Crippen molar-refractivity contribution >= 4 is 6.29 Å². The molecule has 0 aliphatic rings. The average Bonchev–Trinajstić information content (AvgIpc) is 3.27. The summed E-state index contributed by atoms with van der Waals surface area (Å²) in [6, 6.07) is 17.8. The third-order valence-corrected chi connectivity index (χ3v) is 4.61. The minimum absolute atomic E-state index is 0.295. The number of rotatable bonds is 6. The van der Waals surface area contributed by atoms with Gasteiger partial charge < -0.3 is 4.74 Å². The van der Waals surface area contributed by atoms with E-state index in [0.29, 0.717) is 29.4 Å². The van der Waals surface area contributed by atoms with Crippen LogP contribution in [0.15, 0.2) is 54.6 Å². The molecule has 1 N–H and O–H groups in total. The van der Waals surface area contributed by atoms with E-state index in [1.165, 1.54) is 0 Å². The number of carbonyl (C=O) groups is 1. The molecular weight excluding hydrogens is 366 g/mol. The SMILES string of the molecule is Cc1cc(OCc2ccc(-c3ccccc3)c(-c3nn[nH]n3)c2)c(C=O)c(C)n1. The van der Waals surface area contributed by atoms with Gasteiger partial charge in [0.2, 0.25) is 5.82 Å². The van der Waals surface area contributed by atoms with Crippen LogP contribution in [0.3, 0.4) is 0 Å². The number of hydrogen-bond donors (Lipinski definition) is 1. The maximum atomic E-state index is 11.4. The highest BCUT2D eigenvalue weighted by atomic mass is 16.5. The van der Waals surface area contributed by atoms with E-state index in [1.807, 2.05) is 55.5 Å². The van der Waals surface area contributed by atoms with Crippen LogP contribution in [-0.2, 0) is 6.61 Å². The number of benzene rings is 2. The van der Waals surface area contributed by atoms with Crippen molar-refractivity contribution in [1.82, 2.24) is 25.6 Å². The first-order chi connectivity index (χ1) is 14.2. The molecule has 0 saturated carbocycles. The van der Waals surface area contributed by atoms with Gasteiger partial charge in [0.1, 0.15) is 12.4 Å². The molecule has 29 heavy (non-hydrogen) atoms. The number of aldehydes is 1. The van der Waals surface area contributed by atoms with Gasteiger partial charge in [-0.05, 0) is 41.8 Å². The Morgan fingerprint density at radius 2 is 1.86 bits per heavy atom. The minimum Gasteiger partial charge on any atom is -0.488 e. The number of tetrazole rings is 1. The maximum absolute atomic E-state index is 11.4. The predicted octanol–water partition coefficient (Wildman–Crippen LogP) is 3.94. The predicted molar refractivity (Wildman–Crippen MR) is 108 cm³/mol. The summed E-state index contributed by atoms with van der Waals surface area (Å²) in [5.74, 6) is 1.04. The summed E-state index contributed by atoms with van der Waals surface area (Å²) in [6.07, 6.45) is 0.778. The van der Waals surface area contributed by atoms with Crippen LogP contribution in [0.1, 0.15) is 27.3 Å². The van der Waals surface area contributed by atoms with Gasteiger partial charge >= 0.3 is 0 Å². The number of nitrogens with zero attached hydrogens (tertiary/aromatic N) is 4. The molecule has 0 saturated heterocycles. The third kappa shape index (κ3) is 3.89. The van der Waals surface area contributed by atoms with Crippen LogP contribution >= 0.6 is 0 Å². The lowest BCUT2D eigenvalue weighted by atomic mass is 9.97. The highest BCUT2D eigenvalue weighted by molar-refractivity contribution is 5.81. The van der Waals surface area contributed by atoms with Crippen molar-refractivity contribution in [2.75, 3.05) is 0 Å². The molecule has 0 spiro atoms. The molecule has 4 rings (SSSR count). The van der Waals surface area contributed by atoms with Gasteiger partial charge in [-0.1, -0.05) is 42.5 Å². The van der Waals surface area contributed by atoms with Crippen molar-refractivity contribution in [3.8, 4) is 28.3 Å². The first kappa shape index (κ1) is 18.5. The number of pyridine rings is 1. The van der Waals surface area contributed by atoms with Crippen molar-refractivity contribution in [3.05, 3.63) is 77.1 Å². The van der Waals surface area contributed by atoms with E-state index in [-0.39, 0.29) is 0 Å². The van der Waals surface area contributed by atoms with Gasteiger partial charge in [-0.25, -0.2) is 0 Å². The first-order valence-electron chi connectivity index (χ1n) is 9.14. The van der Waals surface area contributed by atoms with E-state index >= 15 is 0 Å². The molecule has 0 aliphatic heterocycles. The number of hydrogen-bond acceptors (Lipinski definition) is 6. The molecule has 144 valence electrons. The molecule has 2 aromatic heterocycles. The lowest BCUT2D eigenvalue weighted by molar-refractivity contribution is 0.111. The molecule has 2 heterocycles. The second kappa shape index (κ2) is 8.02. The molecule has 0 fully saturated rings. The second-order valence-corrected chi connectivity index (χ2v) is 6.65. The molecule has 0 radical (unpaired) electrons. The van der Waals surface area contributed by atoms with Crippen LogP contribution in [0.4, 0.5) is 0 Å². The summed E-state index contributed by atoms with van der Waals surface area (Å²) in [4.78, 5) is 15.7. The Morgan fingerprint density at radius 3 is 2.59 bits per heavy atom. The highest BCUT2D eigenvalue weighted by Crippen LogP contribution is 2.31. The summed E-state index contributed by atoms with van der Waals surface area (Å²) >= 11 is 0. The van der Waals surface area contributed by atoms with E-state index in [9.17, 15) is 4.79 Å². The summed E-state index contributed by atoms with van der Waals surface area (Å²) in [6.45, 7) is 3.97. The molecule has 7 nitrogen and oxygen atoms in total. The van der Waals surface area contributed by atoms with Crippen LogP contribution in [0.25, 0.3) is 22.5 Å². The van der Waals surface area contributed by atoms with Gasteiger partial charge in [-0.15, -0.1) is 10.2 Å². The van der Waals surface area contributed by atoms with Crippen molar-refractivity contribution in [3.63, 3.8) is 0 Å². The number of ether oxygens (including phenoxy) is 1. The van der Waals surface area contributed by atoms with Crippen molar-refractivity contribution in [1.29, 1.82) is 0 Å². The normalized spacial score (nSPS) is 10.7. The number of aromatic nitrogens is 5. The summed E-state index contributed by atoms with van der Waals surface area (Å²) in [5.41, 5.74) is 5.76. The smallest absolute Gasteiger partial charge is 0.205 e. The number of carbonyl (C=O) groups excluding carboxylic acids is 1. The molecule has 0 aliphatic carbocycles. The van der Waals surface area contributed by atoms with E-state index in [0.717, 1.165) is 34.2 Å². The molecule has 0 atom stereocenters. The van der Waals surface area contributed by atoms with Crippen LogP contribution in [0.2, 0.25) is 0 Å². The molecule has 2 aromatic carbocycles. The molecule has 0 amide bonds. The van der Waals surface area contributed by atoms with Crippen LogP contribution in [-0.4, -0.2) is 31.9 Å². The van der Waals surface area contributed by atoms with Crippen LogP contribution in [0.5, 0.6) is 5.75 Å². The lowest BCUT2D eigenvalue weighted by Crippen LogP contribution is -2.03. The fourth-order valence-electron chi connectivity index (χ4n) is 3.24. The van der Waals surface area contributed by atoms with Gasteiger partial charge in [0.05, 0.1) is 11.3 Å². The van der Waals surface area contributed by atoms with Crippen molar-refractivity contribution < 1.29 is 9.53 Å². The number of nitrogens with one attached hydrogen (secondary N) is 1. The Labute approximate surface area is 167 Å². The largest absolute Gasteiger partial charge is 0.488 e. The van der Waals surface area contributed by atoms with E-state index < -0.39 is 0 Å². The second-order valence-electron chi connectivity index (χ2n) is 6.65. The fourth-order valence-corrected chi connectivity index (χ4v) is 3.24. The summed E-state index contributed by atoms with van der Waals surface area (Å²) in [7, 11) is 0. The maximum Gasteiger partial charge on any atom is 0.205 e. The quantitative estimate of drug-likeness (QED) is 0.505. The average molecular weight is 385 g/mol. The highest BCUT2D eigenvalue weighted by Gasteiger charge is 2.14. The molecular formula is C22H19N5O2. The van der Waals surface area contributed by atoms with Gasteiger partial charge in [0.15, 0.2) is 6.29 Å². The lowest BCUT2D eigenvalue weighted by Gasteiger charge is -2.13. The molecule has 0 unspecified atom stereocenters. The van der Waals surface area contributed by atoms with Gasteiger partial charge in [-0.2, -0.15) is 5.21 Å². The molecule has 0 bridgehead atoms. The van der Waals surface area contributed by atoms with Gasteiger partial charge in [0, 0.05) is 17.3 Å². The number of aromatic amines is 1. The minimum atomic E-state index is 0.295. The van der Waals surface area contributed by atoms with Gasteiger partial charge in [0.25, 0.3) is 0 Å². The molecule has 4 aromatic rings. The number of H-pyrrole nitrogens is 1. The zero-order valence-electron chi connectivity index (χ0n) is 16.1. The van der Waals surface area contributed by atoms with E-state index in [1.54, 1.807) is 13.0 Å². The third-order valence-electron chi connectivity index (χ3n) is 4.61. The topological polar surface area (TPSA) is 93.7 Å². The van der Waals surface area contributed by atoms with Crippen LogP contribution < -0.4 is 4.74 Å². The summed E-state index contributed by atoms with van der Waals surface area (Å²) in [5, 5.41) is 14.5. The Balaban J connectivity index is 1.68. The van der Waals surface area contributed by atoms with E-state index in [2.05, 4.69) is 25.6 Å². The number of aryl methyl sites for hydroxylation is 2. The standard InChI is InChI=1S/C22H19N5O2/c1-14-10-21(20(12-28)15(2)23-14)29-13-16-8-9-18(17-6-4-3-5-7-17)19(11-16)22-24-26-27-25-22/h3-12H,13H2,1-2H3,(H,24,25,26,27).